The normalized spacial score (nSPS) is 12.5. The molecule has 2 heterocycles. The highest BCUT2D eigenvalue weighted by Crippen LogP contribution is 2.31. The minimum atomic E-state index is -0.0498. The molecule has 9 nitrogen and oxygen atoms in total. The third-order valence-electron chi connectivity index (χ3n) is 5.27. The van der Waals surface area contributed by atoms with Crippen LogP contribution >= 0.6 is 11.8 Å². The molecule has 0 aliphatic carbocycles. The molecule has 33 heavy (non-hydrogen) atoms. The number of hydrogen-bond acceptors (Lipinski definition) is 8. The van der Waals surface area contributed by atoms with Crippen molar-refractivity contribution in [1.82, 2.24) is 19.8 Å². The summed E-state index contributed by atoms with van der Waals surface area (Å²) >= 11 is 1.24. The van der Waals surface area contributed by atoms with Crippen LogP contribution in [-0.4, -0.2) is 51.7 Å². The number of rotatable bonds is 8. The smallest absolute Gasteiger partial charge is 0.233 e. The van der Waals surface area contributed by atoms with Crippen molar-refractivity contribution in [2.45, 2.75) is 32.2 Å². The van der Waals surface area contributed by atoms with Gasteiger partial charge in [-0.05, 0) is 42.7 Å². The highest BCUT2D eigenvalue weighted by molar-refractivity contribution is 7.99. The van der Waals surface area contributed by atoms with Gasteiger partial charge in [0.15, 0.2) is 17.3 Å². The van der Waals surface area contributed by atoms with E-state index in [4.69, 9.17) is 20.1 Å². The number of carbonyl (C=O) groups excluding carboxylic acids is 1. The molecule has 0 bridgehead atoms. The number of nitrogen functional groups attached to an aromatic ring is 1. The highest BCUT2D eigenvalue weighted by atomic mass is 32.2. The van der Waals surface area contributed by atoms with E-state index in [1.807, 2.05) is 50.2 Å². The van der Waals surface area contributed by atoms with Gasteiger partial charge in [0.05, 0.1) is 5.75 Å². The predicted molar refractivity (Wildman–Crippen MR) is 125 cm³/mol. The van der Waals surface area contributed by atoms with Crippen LogP contribution in [0.15, 0.2) is 41.6 Å². The molecule has 0 saturated heterocycles. The Morgan fingerprint density at radius 1 is 1.15 bits per heavy atom. The monoisotopic (exact) mass is 469 g/mol. The lowest BCUT2D eigenvalue weighted by Gasteiger charge is -2.21. The molecule has 1 aromatic heterocycles. The van der Waals surface area contributed by atoms with Gasteiger partial charge in [0.2, 0.25) is 11.1 Å². The zero-order valence-electron chi connectivity index (χ0n) is 18.9. The van der Waals surface area contributed by atoms with Crippen molar-refractivity contribution in [2.24, 2.45) is 0 Å². The van der Waals surface area contributed by atoms with Crippen molar-refractivity contribution in [3.05, 3.63) is 58.9 Å². The topological polar surface area (TPSA) is 105 Å². The van der Waals surface area contributed by atoms with E-state index in [9.17, 15) is 4.79 Å². The molecular formula is C23H27N5O4S. The number of amides is 1. The average Bonchev–Trinajstić information content (AvgIpc) is 3.16. The SMILES string of the molecule is Cc1cccc(C)c1OCc1nnc(SCC(=O)N(C)Cc2ccc3c(c2)OCCO3)n1N. The van der Waals surface area contributed by atoms with Gasteiger partial charge in [-0.1, -0.05) is 36.0 Å². The zero-order valence-corrected chi connectivity index (χ0v) is 19.7. The summed E-state index contributed by atoms with van der Waals surface area (Å²) in [5.41, 5.74) is 3.05. The minimum absolute atomic E-state index is 0.0498. The number of nitrogens with two attached hydrogens (primary N) is 1. The van der Waals surface area contributed by atoms with Crippen molar-refractivity contribution >= 4 is 17.7 Å². The second-order valence-electron chi connectivity index (χ2n) is 7.79. The van der Waals surface area contributed by atoms with Gasteiger partial charge in [-0.25, -0.2) is 4.68 Å². The minimum Gasteiger partial charge on any atom is -0.486 e. The van der Waals surface area contributed by atoms with Crippen LogP contribution in [0.25, 0.3) is 0 Å². The van der Waals surface area contributed by atoms with Crippen molar-refractivity contribution in [3.8, 4) is 17.2 Å². The van der Waals surface area contributed by atoms with Crippen LogP contribution in [0.3, 0.4) is 0 Å². The van der Waals surface area contributed by atoms with Crippen molar-refractivity contribution in [3.63, 3.8) is 0 Å². The number of fused-ring (bicyclic) bond motifs is 1. The van der Waals surface area contributed by atoms with Crippen LogP contribution in [0.1, 0.15) is 22.5 Å². The van der Waals surface area contributed by atoms with Crippen LogP contribution in [0.4, 0.5) is 0 Å². The van der Waals surface area contributed by atoms with E-state index in [0.717, 1.165) is 28.2 Å². The standard InChI is InChI=1S/C23H27N5O4S/c1-15-5-4-6-16(2)22(15)32-13-20-25-26-23(28(20)24)33-14-21(29)27(3)12-17-7-8-18-19(11-17)31-10-9-30-18/h4-8,11H,9-10,12-14,24H2,1-3H3. The molecule has 0 unspecified atom stereocenters. The van der Waals surface area contributed by atoms with Crippen LogP contribution in [0.2, 0.25) is 0 Å². The van der Waals surface area contributed by atoms with E-state index in [1.165, 1.54) is 16.4 Å². The molecule has 0 atom stereocenters. The van der Waals surface area contributed by atoms with Crippen LogP contribution in [-0.2, 0) is 17.9 Å². The van der Waals surface area contributed by atoms with E-state index >= 15 is 0 Å². The number of thioether (sulfide) groups is 1. The number of nitrogens with zero attached hydrogens (tertiary/aromatic N) is 4. The molecule has 3 aromatic rings. The molecule has 2 aromatic carbocycles. The number of benzene rings is 2. The molecule has 1 amide bonds. The van der Waals surface area contributed by atoms with Gasteiger partial charge in [-0.3, -0.25) is 4.79 Å². The fourth-order valence-corrected chi connectivity index (χ4v) is 4.27. The molecule has 4 rings (SSSR count). The largest absolute Gasteiger partial charge is 0.486 e. The molecule has 0 spiro atoms. The van der Waals surface area contributed by atoms with Crippen molar-refractivity contribution < 1.29 is 19.0 Å². The fourth-order valence-electron chi connectivity index (χ4n) is 3.45. The molecule has 2 N–H and O–H groups in total. The van der Waals surface area contributed by atoms with E-state index < -0.39 is 0 Å². The van der Waals surface area contributed by atoms with E-state index in [2.05, 4.69) is 10.2 Å². The summed E-state index contributed by atoms with van der Waals surface area (Å²) in [6.07, 6.45) is 0. The third-order valence-corrected chi connectivity index (χ3v) is 6.19. The quantitative estimate of drug-likeness (QED) is 0.397. The Balaban J connectivity index is 1.30. The number of aromatic nitrogens is 3. The Bertz CT molecular complexity index is 1130. The molecule has 1 aliphatic heterocycles. The van der Waals surface area contributed by atoms with Crippen LogP contribution < -0.4 is 20.1 Å². The molecule has 174 valence electrons. The Hall–Kier alpha value is -3.40. The first-order valence-corrected chi connectivity index (χ1v) is 11.5. The van der Waals surface area contributed by atoms with Crippen molar-refractivity contribution in [2.75, 3.05) is 31.9 Å². The zero-order chi connectivity index (χ0) is 23.4. The summed E-state index contributed by atoms with van der Waals surface area (Å²) in [6, 6.07) is 11.7. The Kier molecular flexibility index (Phi) is 6.93. The summed E-state index contributed by atoms with van der Waals surface area (Å²) in [4.78, 5) is 14.3. The van der Waals surface area contributed by atoms with Gasteiger partial charge in [0.25, 0.3) is 0 Å². The Morgan fingerprint density at radius 3 is 2.64 bits per heavy atom. The second-order valence-corrected chi connectivity index (χ2v) is 8.74. The van der Waals surface area contributed by atoms with Gasteiger partial charge in [-0.15, -0.1) is 10.2 Å². The van der Waals surface area contributed by atoms with Gasteiger partial charge in [0, 0.05) is 13.6 Å². The number of ether oxygens (including phenoxy) is 3. The lowest BCUT2D eigenvalue weighted by molar-refractivity contribution is -0.127. The van der Waals surface area contributed by atoms with E-state index in [-0.39, 0.29) is 18.3 Å². The lowest BCUT2D eigenvalue weighted by atomic mass is 10.1. The highest BCUT2D eigenvalue weighted by Gasteiger charge is 2.17. The second kappa shape index (κ2) is 10.0. The van der Waals surface area contributed by atoms with Gasteiger partial charge < -0.3 is 25.0 Å². The fraction of sp³-hybridized carbons (Fsp3) is 0.348. The number of carbonyl (C=O) groups is 1. The Morgan fingerprint density at radius 2 is 1.88 bits per heavy atom. The molecular weight excluding hydrogens is 442 g/mol. The summed E-state index contributed by atoms with van der Waals surface area (Å²) in [5.74, 6) is 9.01. The van der Waals surface area contributed by atoms with Gasteiger partial charge in [0.1, 0.15) is 25.6 Å². The Labute approximate surface area is 196 Å². The third kappa shape index (κ3) is 5.33. The maximum atomic E-state index is 12.6. The van der Waals surface area contributed by atoms with E-state index in [0.29, 0.717) is 36.5 Å². The summed E-state index contributed by atoms with van der Waals surface area (Å²) in [7, 11) is 1.76. The van der Waals surface area contributed by atoms with Crippen LogP contribution in [0.5, 0.6) is 17.2 Å². The molecule has 10 heteroatoms. The van der Waals surface area contributed by atoms with E-state index in [1.54, 1.807) is 11.9 Å². The first kappa shape index (κ1) is 22.8. The predicted octanol–water partition coefficient (Wildman–Crippen LogP) is 2.71. The van der Waals surface area contributed by atoms with Gasteiger partial charge in [-0.2, -0.15) is 0 Å². The molecule has 0 radical (unpaired) electrons. The molecule has 0 saturated carbocycles. The maximum absolute atomic E-state index is 12.6. The van der Waals surface area contributed by atoms with Crippen LogP contribution in [0, 0.1) is 13.8 Å². The van der Waals surface area contributed by atoms with Gasteiger partial charge >= 0.3 is 0 Å². The average molecular weight is 470 g/mol. The first-order chi connectivity index (χ1) is 15.9. The number of hydrogen-bond donors (Lipinski definition) is 1. The number of aryl methyl sites for hydroxylation is 2. The maximum Gasteiger partial charge on any atom is 0.233 e. The lowest BCUT2D eigenvalue weighted by Crippen LogP contribution is -2.28. The molecule has 1 aliphatic rings. The summed E-state index contributed by atoms with van der Waals surface area (Å²) in [5, 5.41) is 8.67. The first-order valence-electron chi connectivity index (χ1n) is 10.6. The number of para-hydroxylation sites is 1. The van der Waals surface area contributed by atoms with Crippen molar-refractivity contribution in [1.29, 1.82) is 0 Å². The summed E-state index contributed by atoms with van der Waals surface area (Å²) < 4.78 is 18.4. The molecule has 0 fully saturated rings. The summed E-state index contributed by atoms with van der Waals surface area (Å²) in [6.45, 7) is 5.70.